The summed E-state index contributed by atoms with van der Waals surface area (Å²) < 4.78 is 5.74. The largest absolute Gasteiger partial charge is 0.456 e. The van der Waals surface area contributed by atoms with Gasteiger partial charge in [0, 0.05) is 16.6 Å². The molecule has 4 atom stereocenters. The molecule has 1 amide bonds. The summed E-state index contributed by atoms with van der Waals surface area (Å²) in [7, 11) is 0. The van der Waals surface area contributed by atoms with Crippen LogP contribution in [0.15, 0.2) is 24.3 Å². The summed E-state index contributed by atoms with van der Waals surface area (Å²) in [6.07, 6.45) is 9.65. The van der Waals surface area contributed by atoms with Crippen molar-refractivity contribution in [1.29, 1.82) is 0 Å². The molecule has 0 saturated heterocycles. The summed E-state index contributed by atoms with van der Waals surface area (Å²) in [5.41, 5.74) is 2.26. The monoisotopic (exact) mass is 445 g/mol. The fraction of sp³-hybridized carbons (Fsp3) is 0.652. The molecule has 1 aromatic carbocycles. The van der Waals surface area contributed by atoms with Gasteiger partial charge in [-0.25, -0.2) is 0 Å². The van der Waals surface area contributed by atoms with Crippen molar-refractivity contribution in [3.05, 3.63) is 29.8 Å². The number of hydrogen-bond donors (Lipinski definition) is 0. The zero-order chi connectivity index (χ0) is 19.4. The zero-order valence-corrected chi connectivity index (χ0v) is 17.9. The second-order valence-electron chi connectivity index (χ2n) is 9.73. The zero-order valence-electron chi connectivity index (χ0n) is 16.3. The van der Waals surface area contributed by atoms with Gasteiger partial charge in [0.15, 0.2) is 6.61 Å². The van der Waals surface area contributed by atoms with E-state index in [1.807, 2.05) is 18.2 Å². The van der Waals surface area contributed by atoms with Crippen LogP contribution in [0, 0.1) is 17.3 Å². The van der Waals surface area contributed by atoms with Crippen molar-refractivity contribution < 1.29 is 14.3 Å². The first-order valence-corrected chi connectivity index (χ1v) is 11.5. The van der Waals surface area contributed by atoms with Crippen molar-refractivity contribution in [1.82, 2.24) is 0 Å². The number of aryl methyl sites for hydroxylation is 1. The van der Waals surface area contributed by atoms with Gasteiger partial charge in [0.25, 0.3) is 5.91 Å². The number of halogens is 1. The molecule has 4 aliphatic carbocycles. The van der Waals surface area contributed by atoms with Gasteiger partial charge in [-0.1, -0.05) is 34.1 Å². The van der Waals surface area contributed by atoms with E-state index >= 15 is 0 Å². The third-order valence-corrected chi connectivity index (χ3v) is 8.33. The molecule has 5 aliphatic rings. The molecule has 28 heavy (non-hydrogen) atoms. The lowest BCUT2D eigenvalue weighted by Gasteiger charge is -2.60. The van der Waals surface area contributed by atoms with E-state index in [0.717, 1.165) is 49.6 Å². The number of hydrogen-bond acceptors (Lipinski definition) is 3. The Morgan fingerprint density at radius 2 is 1.89 bits per heavy atom. The Bertz CT molecular complexity index is 793. The molecule has 2 unspecified atom stereocenters. The highest BCUT2D eigenvalue weighted by molar-refractivity contribution is 9.10. The van der Waals surface area contributed by atoms with E-state index < -0.39 is 0 Å². The van der Waals surface area contributed by atoms with E-state index in [1.54, 1.807) is 4.90 Å². The minimum Gasteiger partial charge on any atom is -0.456 e. The molecule has 0 spiro atoms. The number of carbonyl (C=O) groups excluding carboxylic acids is 2. The van der Waals surface area contributed by atoms with E-state index in [9.17, 15) is 9.59 Å². The quantitative estimate of drug-likeness (QED) is 0.501. The van der Waals surface area contributed by atoms with Crippen molar-refractivity contribution in [2.45, 2.75) is 62.1 Å². The summed E-state index contributed by atoms with van der Waals surface area (Å²) in [6, 6.07) is 8.03. The molecule has 4 saturated carbocycles. The van der Waals surface area contributed by atoms with Crippen LogP contribution in [0.5, 0.6) is 0 Å². The Morgan fingerprint density at radius 3 is 2.64 bits per heavy atom. The van der Waals surface area contributed by atoms with Gasteiger partial charge in [-0.05, 0) is 80.2 Å². The Labute approximate surface area is 175 Å². The number of fused-ring (bicyclic) bond motifs is 1. The van der Waals surface area contributed by atoms with Crippen LogP contribution < -0.4 is 4.90 Å². The van der Waals surface area contributed by atoms with Crippen LogP contribution in [0.2, 0.25) is 0 Å². The Hall–Kier alpha value is -1.36. The number of nitrogens with zero attached hydrogens (tertiary/aromatic N) is 1. The summed E-state index contributed by atoms with van der Waals surface area (Å²) in [6.45, 7) is 0.558. The number of ether oxygens (including phenoxy) is 1. The normalized spacial score (nSPS) is 35.5. The maximum Gasteiger partial charge on any atom is 0.306 e. The van der Waals surface area contributed by atoms with Crippen molar-refractivity contribution >= 4 is 33.5 Å². The van der Waals surface area contributed by atoms with E-state index in [4.69, 9.17) is 4.74 Å². The molecule has 0 radical (unpaired) electrons. The molecule has 4 nitrogen and oxygen atoms in total. The van der Waals surface area contributed by atoms with Gasteiger partial charge in [0.05, 0.1) is 6.42 Å². The molecule has 5 heteroatoms. The van der Waals surface area contributed by atoms with Crippen LogP contribution in [0.25, 0.3) is 0 Å². The number of carbonyl (C=O) groups is 2. The first-order valence-electron chi connectivity index (χ1n) is 10.7. The van der Waals surface area contributed by atoms with Crippen LogP contribution in [-0.2, 0) is 20.7 Å². The fourth-order valence-corrected chi connectivity index (χ4v) is 8.42. The number of benzene rings is 1. The van der Waals surface area contributed by atoms with Crippen LogP contribution in [0.4, 0.5) is 5.69 Å². The van der Waals surface area contributed by atoms with Gasteiger partial charge in [-0.2, -0.15) is 0 Å². The van der Waals surface area contributed by atoms with Gasteiger partial charge in [0.2, 0.25) is 0 Å². The Kier molecular flexibility index (Phi) is 4.57. The smallest absolute Gasteiger partial charge is 0.306 e. The highest BCUT2D eigenvalue weighted by Gasteiger charge is 2.57. The van der Waals surface area contributed by atoms with E-state index in [1.165, 1.54) is 24.8 Å². The number of esters is 1. The molecule has 4 fully saturated rings. The molecule has 150 valence electrons. The molecule has 1 heterocycles. The predicted molar refractivity (Wildman–Crippen MR) is 111 cm³/mol. The highest BCUT2D eigenvalue weighted by Crippen LogP contribution is 2.65. The molecule has 0 N–H and O–H groups in total. The van der Waals surface area contributed by atoms with Crippen molar-refractivity contribution in [2.75, 3.05) is 18.1 Å². The third kappa shape index (κ3) is 3.40. The van der Waals surface area contributed by atoms with Gasteiger partial charge < -0.3 is 9.64 Å². The first-order chi connectivity index (χ1) is 13.4. The van der Waals surface area contributed by atoms with Crippen molar-refractivity contribution in [3.8, 4) is 0 Å². The first kappa shape index (κ1) is 18.7. The Balaban J connectivity index is 1.20. The lowest BCUT2D eigenvalue weighted by atomic mass is 9.49. The van der Waals surface area contributed by atoms with Crippen molar-refractivity contribution in [3.63, 3.8) is 0 Å². The van der Waals surface area contributed by atoms with Gasteiger partial charge in [-0.3, -0.25) is 9.59 Å². The van der Waals surface area contributed by atoms with Gasteiger partial charge in [-0.15, -0.1) is 0 Å². The summed E-state index contributed by atoms with van der Waals surface area (Å²) >= 11 is 4.00. The summed E-state index contributed by atoms with van der Waals surface area (Å²) in [4.78, 5) is 27.2. The summed E-state index contributed by atoms with van der Waals surface area (Å²) in [5.74, 6) is 1.19. The van der Waals surface area contributed by atoms with Gasteiger partial charge in [0.1, 0.15) is 0 Å². The molecular weight excluding hydrogens is 418 g/mol. The second kappa shape index (κ2) is 6.86. The molecule has 1 aliphatic heterocycles. The molecule has 0 aromatic heterocycles. The topological polar surface area (TPSA) is 46.6 Å². The molecular formula is C23H28BrNO3. The van der Waals surface area contributed by atoms with E-state index in [0.29, 0.717) is 13.0 Å². The van der Waals surface area contributed by atoms with E-state index in [-0.39, 0.29) is 28.2 Å². The number of para-hydroxylation sites is 1. The molecule has 6 rings (SSSR count). The van der Waals surface area contributed by atoms with Crippen LogP contribution in [0.1, 0.15) is 56.9 Å². The van der Waals surface area contributed by atoms with Crippen LogP contribution >= 0.6 is 15.9 Å². The minimum absolute atomic E-state index is 0.0887. The lowest BCUT2D eigenvalue weighted by molar-refractivity contribution is -0.154. The number of rotatable bonds is 4. The van der Waals surface area contributed by atoms with Crippen LogP contribution in [0.3, 0.4) is 0 Å². The SMILES string of the molecule is O=C(CC12C[C@@H]3C[C@@H](CC(Br)(C3)C1)C2)OCC(=O)N1CCCc2ccccc21. The molecule has 4 bridgehead atoms. The fourth-order valence-electron chi connectivity index (χ4n) is 6.91. The number of anilines is 1. The average Bonchev–Trinajstić information content (AvgIpc) is 2.63. The highest BCUT2D eigenvalue weighted by atomic mass is 79.9. The lowest BCUT2D eigenvalue weighted by Crippen LogP contribution is -2.53. The van der Waals surface area contributed by atoms with Crippen LogP contribution in [-0.4, -0.2) is 29.4 Å². The third-order valence-electron chi connectivity index (χ3n) is 7.40. The number of alkyl halides is 1. The maximum atomic E-state index is 12.7. The average molecular weight is 446 g/mol. The minimum atomic E-state index is -0.198. The standard InChI is InChI=1S/C23H28BrNO3/c24-23-11-16-8-17(12-23)10-22(9-16,15-23)13-21(27)28-14-20(26)25-7-3-5-18-4-1-2-6-19(18)25/h1-2,4,6,16-17H,3,5,7-15H2/t16-,17+,22?,23?. The Morgan fingerprint density at radius 1 is 1.14 bits per heavy atom. The van der Waals surface area contributed by atoms with Gasteiger partial charge >= 0.3 is 5.97 Å². The predicted octanol–water partition coefficient (Wildman–Crippen LogP) is 4.63. The number of amides is 1. The van der Waals surface area contributed by atoms with E-state index in [2.05, 4.69) is 22.0 Å². The van der Waals surface area contributed by atoms with Crippen molar-refractivity contribution in [2.24, 2.45) is 17.3 Å². The molecule has 1 aromatic rings. The second-order valence-corrected chi connectivity index (χ2v) is 11.4. The summed E-state index contributed by atoms with van der Waals surface area (Å²) in [5, 5.41) is 0. The maximum absolute atomic E-state index is 12.7.